The molecule has 0 spiro atoms. The summed E-state index contributed by atoms with van der Waals surface area (Å²) in [4.78, 5) is 13.3. The minimum Gasteiger partial charge on any atom is -0.492 e. The monoisotopic (exact) mass is 556 g/mol. The molecule has 0 radical (unpaired) electrons. The number of carbonyl (C=O) groups excluding carboxylic acids is 1. The molecule has 0 aliphatic carbocycles. The van der Waals surface area contributed by atoms with E-state index in [0.29, 0.717) is 31.0 Å². The quantitative estimate of drug-likeness (QED) is 0.454. The molecule has 2 aromatic rings. The average Bonchev–Trinajstić information content (AvgIpc) is 2.81. The topological polar surface area (TPSA) is 75.7 Å². The molecule has 0 aromatic heterocycles. The summed E-state index contributed by atoms with van der Waals surface area (Å²) < 4.78 is 34.8. The minimum absolute atomic E-state index is 0.0346. The summed E-state index contributed by atoms with van der Waals surface area (Å²) in [6.07, 6.45) is 2.79. The first kappa shape index (κ1) is 26.0. The van der Waals surface area contributed by atoms with Crippen LogP contribution in [0.25, 0.3) is 0 Å². The fourth-order valence-corrected chi connectivity index (χ4v) is 6.61. The Balaban J connectivity index is 1.84. The standard InChI is InChI=1S/C24H30BrClN2O4S/c1-4-16-12-19(25)13-17(5-2)23(16)27-24(29)18-8-7-11-28(15-18)33(30,31)22-14-20(26)9-10-21(22)32-6-3/h9-10,12-14,18H,4-8,11,15H2,1-3H3,(H,27,29)/t18-/m0/s1. The van der Waals surface area contributed by atoms with Crippen molar-refractivity contribution in [2.45, 2.75) is 51.3 Å². The summed E-state index contributed by atoms with van der Waals surface area (Å²) >= 11 is 9.63. The summed E-state index contributed by atoms with van der Waals surface area (Å²) in [6.45, 7) is 6.69. The number of hydrogen-bond donors (Lipinski definition) is 1. The van der Waals surface area contributed by atoms with Gasteiger partial charge in [0.2, 0.25) is 15.9 Å². The number of piperidine rings is 1. The van der Waals surface area contributed by atoms with Crippen molar-refractivity contribution in [3.63, 3.8) is 0 Å². The molecule has 1 heterocycles. The molecule has 1 aliphatic rings. The van der Waals surface area contributed by atoms with Crippen molar-refractivity contribution in [1.29, 1.82) is 0 Å². The van der Waals surface area contributed by atoms with Crippen molar-refractivity contribution in [3.8, 4) is 5.75 Å². The Hall–Kier alpha value is -1.61. The predicted molar refractivity (Wildman–Crippen MR) is 136 cm³/mol. The van der Waals surface area contributed by atoms with Gasteiger partial charge in [-0.1, -0.05) is 41.4 Å². The number of nitrogens with zero attached hydrogens (tertiary/aromatic N) is 1. The Morgan fingerprint density at radius 3 is 2.45 bits per heavy atom. The van der Waals surface area contributed by atoms with Gasteiger partial charge in [0, 0.05) is 28.3 Å². The van der Waals surface area contributed by atoms with E-state index in [1.165, 1.54) is 10.4 Å². The minimum atomic E-state index is -3.87. The first-order chi connectivity index (χ1) is 15.7. The van der Waals surface area contributed by atoms with Crippen molar-refractivity contribution in [3.05, 3.63) is 51.0 Å². The van der Waals surface area contributed by atoms with Crippen LogP contribution in [-0.2, 0) is 27.7 Å². The van der Waals surface area contributed by atoms with Crippen LogP contribution in [-0.4, -0.2) is 38.3 Å². The molecule has 2 aromatic carbocycles. The molecule has 1 aliphatic heterocycles. The van der Waals surface area contributed by atoms with Crippen LogP contribution >= 0.6 is 27.5 Å². The summed E-state index contributed by atoms with van der Waals surface area (Å²) in [7, 11) is -3.87. The predicted octanol–water partition coefficient (Wildman–Crippen LogP) is 5.67. The van der Waals surface area contributed by atoms with Crippen LogP contribution in [0.3, 0.4) is 0 Å². The van der Waals surface area contributed by atoms with Crippen LogP contribution in [0.5, 0.6) is 5.75 Å². The van der Waals surface area contributed by atoms with Gasteiger partial charge in [0.05, 0.1) is 12.5 Å². The Morgan fingerprint density at radius 1 is 1.18 bits per heavy atom. The highest BCUT2D eigenvalue weighted by Crippen LogP contribution is 2.33. The van der Waals surface area contributed by atoms with Crippen LogP contribution < -0.4 is 10.1 Å². The lowest BCUT2D eigenvalue weighted by atomic mass is 9.97. The fourth-order valence-electron chi connectivity index (χ4n) is 4.14. The zero-order chi connectivity index (χ0) is 24.2. The van der Waals surface area contributed by atoms with Gasteiger partial charge in [-0.05, 0) is 74.1 Å². The van der Waals surface area contributed by atoms with Crippen molar-refractivity contribution in [2.24, 2.45) is 5.92 Å². The highest BCUT2D eigenvalue weighted by atomic mass is 79.9. The number of ether oxygens (including phenoxy) is 1. The number of sulfonamides is 1. The fraction of sp³-hybridized carbons (Fsp3) is 0.458. The zero-order valence-electron chi connectivity index (χ0n) is 19.2. The van der Waals surface area contributed by atoms with E-state index in [1.807, 2.05) is 26.0 Å². The Morgan fingerprint density at radius 2 is 1.85 bits per heavy atom. The van der Waals surface area contributed by atoms with E-state index in [1.54, 1.807) is 19.1 Å². The number of anilines is 1. The molecule has 9 heteroatoms. The summed E-state index contributed by atoms with van der Waals surface area (Å²) in [5, 5.41) is 3.42. The Bertz CT molecular complexity index is 1100. The molecule has 33 heavy (non-hydrogen) atoms. The molecule has 0 unspecified atom stereocenters. The Labute approximate surface area is 209 Å². The van der Waals surface area contributed by atoms with Gasteiger partial charge in [-0.25, -0.2) is 8.42 Å². The van der Waals surface area contributed by atoms with Crippen molar-refractivity contribution >= 4 is 49.1 Å². The van der Waals surface area contributed by atoms with Crippen molar-refractivity contribution in [1.82, 2.24) is 4.31 Å². The normalized spacial score (nSPS) is 17.1. The Kier molecular flexibility index (Phi) is 8.83. The molecule has 1 fully saturated rings. The lowest BCUT2D eigenvalue weighted by Gasteiger charge is -2.32. The van der Waals surface area contributed by atoms with Gasteiger partial charge in [-0.15, -0.1) is 0 Å². The van der Waals surface area contributed by atoms with E-state index < -0.39 is 15.9 Å². The van der Waals surface area contributed by atoms with E-state index in [-0.39, 0.29) is 23.1 Å². The number of aryl methyl sites for hydroxylation is 2. The van der Waals surface area contributed by atoms with Gasteiger partial charge in [0.1, 0.15) is 10.6 Å². The number of hydrogen-bond acceptors (Lipinski definition) is 4. The SMILES string of the molecule is CCOc1ccc(Cl)cc1S(=O)(=O)N1CCC[C@H](C(=O)Nc2c(CC)cc(Br)cc2CC)C1. The molecule has 3 rings (SSSR count). The second-order valence-corrected chi connectivity index (χ2v) is 11.3. The molecular weight excluding hydrogens is 528 g/mol. The van der Waals surface area contributed by atoms with Gasteiger partial charge in [-0.3, -0.25) is 4.79 Å². The van der Waals surface area contributed by atoms with Crippen LogP contribution in [0.1, 0.15) is 44.7 Å². The third kappa shape index (κ3) is 5.91. The van der Waals surface area contributed by atoms with Crippen LogP contribution in [0.2, 0.25) is 5.02 Å². The molecule has 1 atom stereocenters. The van der Waals surface area contributed by atoms with Gasteiger partial charge in [-0.2, -0.15) is 4.31 Å². The van der Waals surface area contributed by atoms with Crippen LogP contribution in [0.4, 0.5) is 5.69 Å². The van der Waals surface area contributed by atoms with Gasteiger partial charge in [0.25, 0.3) is 0 Å². The third-order valence-corrected chi connectivity index (χ3v) is 8.43. The molecule has 1 saturated heterocycles. The summed E-state index contributed by atoms with van der Waals surface area (Å²) in [6, 6.07) is 8.61. The molecule has 180 valence electrons. The zero-order valence-corrected chi connectivity index (χ0v) is 22.3. The maximum atomic E-state index is 13.5. The second kappa shape index (κ2) is 11.2. The maximum Gasteiger partial charge on any atom is 0.246 e. The van der Waals surface area contributed by atoms with E-state index >= 15 is 0 Å². The van der Waals surface area contributed by atoms with Crippen molar-refractivity contribution in [2.75, 3.05) is 25.0 Å². The summed E-state index contributed by atoms with van der Waals surface area (Å²) in [5.74, 6) is -0.331. The van der Waals surface area contributed by atoms with Gasteiger partial charge < -0.3 is 10.1 Å². The number of nitrogens with one attached hydrogen (secondary N) is 1. The average molecular weight is 558 g/mol. The lowest BCUT2D eigenvalue weighted by Crippen LogP contribution is -2.43. The van der Waals surface area contributed by atoms with Crippen LogP contribution in [0.15, 0.2) is 39.7 Å². The third-order valence-electron chi connectivity index (χ3n) is 5.85. The number of halogens is 2. The van der Waals surface area contributed by atoms with Crippen molar-refractivity contribution < 1.29 is 17.9 Å². The molecule has 0 bridgehead atoms. The van der Waals surface area contributed by atoms with Crippen LogP contribution in [0, 0.1) is 5.92 Å². The van der Waals surface area contributed by atoms with Gasteiger partial charge in [0.15, 0.2) is 0 Å². The number of amides is 1. The molecule has 0 saturated carbocycles. The van der Waals surface area contributed by atoms with E-state index in [4.69, 9.17) is 16.3 Å². The molecule has 6 nitrogen and oxygen atoms in total. The van der Waals surface area contributed by atoms with E-state index in [2.05, 4.69) is 21.2 Å². The first-order valence-corrected chi connectivity index (χ1v) is 13.9. The maximum absolute atomic E-state index is 13.5. The van der Waals surface area contributed by atoms with E-state index in [0.717, 1.165) is 34.1 Å². The molecular formula is C24H30BrClN2O4S. The number of carbonyl (C=O) groups is 1. The lowest BCUT2D eigenvalue weighted by molar-refractivity contribution is -0.120. The highest BCUT2D eigenvalue weighted by Gasteiger charge is 2.35. The second-order valence-electron chi connectivity index (χ2n) is 8.02. The van der Waals surface area contributed by atoms with E-state index in [9.17, 15) is 13.2 Å². The van der Waals surface area contributed by atoms with Gasteiger partial charge >= 0.3 is 0 Å². The first-order valence-electron chi connectivity index (χ1n) is 11.3. The number of benzene rings is 2. The smallest absolute Gasteiger partial charge is 0.246 e. The molecule has 1 amide bonds. The largest absolute Gasteiger partial charge is 0.492 e. The number of rotatable bonds is 8. The highest BCUT2D eigenvalue weighted by molar-refractivity contribution is 9.10. The molecule has 1 N–H and O–H groups in total. The summed E-state index contributed by atoms with van der Waals surface area (Å²) in [5.41, 5.74) is 2.94.